The van der Waals surface area contributed by atoms with Gasteiger partial charge in [-0.25, -0.2) is 9.97 Å². The smallest absolute Gasteiger partial charge is 0.305 e. The molecule has 0 unspecified atom stereocenters. The Morgan fingerprint density at radius 2 is 2.10 bits per heavy atom. The normalized spacial score (nSPS) is 11.9. The van der Waals surface area contributed by atoms with Crippen LogP contribution >= 0.6 is 0 Å². The first-order chi connectivity index (χ1) is 9.43. The fourth-order valence-corrected chi connectivity index (χ4v) is 1.96. The van der Waals surface area contributed by atoms with Gasteiger partial charge in [0.05, 0.1) is 17.7 Å². The minimum atomic E-state index is -0.914. The standard InChI is InChI=1S/C14H21N3O3/c1-4-5-6-11(7-13(18)19)17-14(20)12-8-15-10(3)16-9(12)2/h8,11H,4-7H2,1-3H3,(H,17,20)(H,18,19)/t11-/m1/s1. The van der Waals surface area contributed by atoms with Crippen LogP contribution in [0.1, 0.15) is 54.5 Å². The molecule has 0 saturated heterocycles. The summed E-state index contributed by atoms with van der Waals surface area (Å²) in [7, 11) is 0. The second-order valence-electron chi connectivity index (χ2n) is 4.83. The number of amides is 1. The van der Waals surface area contributed by atoms with E-state index in [1.165, 1.54) is 6.20 Å². The summed E-state index contributed by atoms with van der Waals surface area (Å²) in [6.45, 7) is 5.52. The molecule has 1 aromatic heterocycles. The molecule has 1 aromatic rings. The van der Waals surface area contributed by atoms with Gasteiger partial charge in [-0.3, -0.25) is 9.59 Å². The van der Waals surface area contributed by atoms with Gasteiger partial charge in [-0.2, -0.15) is 0 Å². The summed E-state index contributed by atoms with van der Waals surface area (Å²) in [4.78, 5) is 31.1. The van der Waals surface area contributed by atoms with E-state index in [0.29, 0.717) is 23.5 Å². The number of rotatable bonds is 7. The fourth-order valence-electron chi connectivity index (χ4n) is 1.96. The largest absolute Gasteiger partial charge is 0.481 e. The highest BCUT2D eigenvalue weighted by Crippen LogP contribution is 2.08. The molecular weight excluding hydrogens is 258 g/mol. The number of nitrogens with zero attached hydrogens (tertiary/aromatic N) is 2. The molecule has 1 atom stereocenters. The topological polar surface area (TPSA) is 92.2 Å². The number of hydrogen-bond donors (Lipinski definition) is 2. The maximum atomic E-state index is 12.1. The van der Waals surface area contributed by atoms with E-state index in [0.717, 1.165) is 12.8 Å². The third-order valence-corrected chi connectivity index (χ3v) is 3.01. The molecule has 0 fully saturated rings. The summed E-state index contributed by atoms with van der Waals surface area (Å²) in [6.07, 6.45) is 3.89. The Hall–Kier alpha value is -1.98. The number of hydrogen-bond acceptors (Lipinski definition) is 4. The highest BCUT2D eigenvalue weighted by atomic mass is 16.4. The molecular formula is C14H21N3O3. The molecule has 20 heavy (non-hydrogen) atoms. The number of aliphatic carboxylic acids is 1. The maximum Gasteiger partial charge on any atom is 0.305 e. The highest BCUT2D eigenvalue weighted by Gasteiger charge is 2.18. The molecule has 110 valence electrons. The highest BCUT2D eigenvalue weighted by molar-refractivity contribution is 5.95. The van der Waals surface area contributed by atoms with Crippen molar-refractivity contribution in [3.05, 3.63) is 23.3 Å². The quantitative estimate of drug-likeness (QED) is 0.794. The number of aryl methyl sites for hydroxylation is 2. The summed E-state index contributed by atoms with van der Waals surface area (Å²) in [5.74, 6) is -0.625. The first-order valence-corrected chi connectivity index (χ1v) is 6.77. The Bertz CT molecular complexity index is 489. The van der Waals surface area contributed by atoms with E-state index in [4.69, 9.17) is 5.11 Å². The van der Waals surface area contributed by atoms with E-state index in [2.05, 4.69) is 15.3 Å². The average molecular weight is 279 g/mol. The second-order valence-corrected chi connectivity index (χ2v) is 4.83. The minimum Gasteiger partial charge on any atom is -0.481 e. The second kappa shape index (κ2) is 7.57. The third kappa shape index (κ3) is 4.95. The number of unbranched alkanes of at least 4 members (excludes halogenated alkanes) is 1. The average Bonchev–Trinajstić information content (AvgIpc) is 2.35. The zero-order valence-corrected chi connectivity index (χ0v) is 12.1. The van der Waals surface area contributed by atoms with Crippen molar-refractivity contribution in [2.24, 2.45) is 0 Å². The van der Waals surface area contributed by atoms with E-state index in [1.807, 2.05) is 6.92 Å². The minimum absolute atomic E-state index is 0.0719. The number of carbonyl (C=O) groups is 2. The fraction of sp³-hybridized carbons (Fsp3) is 0.571. The van der Waals surface area contributed by atoms with Gasteiger partial charge in [0.25, 0.3) is 5.91 Å². The number of carboxylic acids is 1. The maximum absolute atomic E-state index is 12.1. The molecule has 1 heterocycles. The Balaban J connectivity index is 2.75. The van der Waals surface area contributed by atoms with Crippen LogP contribution in [0, 0.1) is 13.8 Å². The summed E-state index contributed by atoms with van der Waals surface area (Å²) in [5, 5.41) is 11.6. The van der Waals surface area contributed by atoms with Crippen molar-refractivity contribution < 1.29 is 14.7 Å². The van der Waals surface area contributed by atoms with E-state index in [9.17, 15) is 9.59 Å². The van der Waals surface area contributed by atoms with E-state index in [-0.39, 0.29) is 18.4 Å². The summed E-state index contributed by atoms with van der Waals surface area (Å²) >= 11 is 0. The van der Waals surface area contributed by atoms with Gasteiger partial charge in [0.15, 0.2) is 0 Å². The zero-order chi connectivity index (χ0) is 15.1. The predicted octanol–water partition coefficient (Wildman–Crippen LogP) is 1.86. The molecule has 2 N–H and O–H groups in total. The Kier molecular flexibility index (Phi) is 6.09. The van der Waals surface area contributed by atoms with Crippen LogP contribution in [0.5, 0.6) is 0 Å². The van der Waals surface area contributed by atoms with Crippen molar-refractivity contribution in [1.82, 2.24) is 15.3 Å². The van der Waals surface area contributed by atoms with Crippen molar-refractivity contribution >= 4 is 11.9 Å². The van der Waals surface area contributed by atoms with Gasteiger partial charge >= 0.3 is 5.97 Å². The third-order valence-electron chi connectivity index (χ3n) is 3.01. The van der Waals surface area contributed by atoms with Gasteiger partial charge in [0.2, 0.25) is 0 Å². The van der Waals surface area contributed by atoms with Gasteiger partial charge < -0.3 is 10.4 Å². The lowest BCUT2D eigenvalue weighted by Gasteiger charge is -2.17. The van der Waals surface area contributed by atoms with Crippen molar-refractivity contribution in [2.45, 2.75) is 52.5 Å². The van der Waals surface area contributed by atoms with Gasteiger partial charge in [-0.05, 0) is 20.3 Å². The monoisotopic (exact) mass is 279 g/mol. The molecule has 1 amide bonds. The Labute approximate surface area is 118 Å². The van der Waals surface area contributed by atoms with Crippen LogP contribution in [0.3, 0.4) is 0 Å². The van der Waals surface area contributed by atoms with E-state index < -0.39 is 5.97 Å². The Morgan fingerprint density at radius 3 is 2.65 bits per heavy atom. The number of nitrogens with one attached hydrogen (secondary N) is 1. The van der Waals surface area contributed by atoms with Crippen molar-refractivity contribution in [1.29, 1.82) is 0 Å². The molecule has 6 heteroatoms. The van der Waals surface area contributed by atoms with Gasteiger partial charge in [0, 0.05) is 12.2 Å². The summed E-state index contributed by atoms with van der Waals surface area (Å²) in [6, 6.07) is -0.361. The van der Waals surface area contributed by atoms with Crippen molar-refractivity contribution in [3.63, 3.8) is 0 Å². The summed E-state index contributed by atoms with van der Waals surface area (Å²) < 4.78 is 0. The number of carbonyl (C=O) groups excluding carboxylic acids is 1. The lowest BCUT2D eigenvalue weighted by molar-refractivity contribution is -0.137. The summed E-state index contributed by atoms with van der Waals surface area (Å²) in [5.41, 5.74) is 0.988. The van der Waals surface area contributed by atoms with Gasteiger partial charge in [-0.15, -0.1) is 0 Å². The van der Waals surface area contributed by atoms with Crippen LogP contribution in [0.4, 0.5) is 0 Å². The molecule has 0 aliphatic heterocycles. The van der Waals surface area contributed by atoms with Crippen molar-refractivity contribution in [2.75, 3.05) is 0 Å². The number of aromatic nitrogens is 2. The van der Waals surface area contributed by atoms with Crippen LogP contribution in [0.25, 0.3) is 0 Å². The Morgan fingerprint density at radius 1 is 1.40 bits per heavy atom. The van der Waals surface area contributed by atoms with E-state index >= 15 is 0 Å². The zero-order valence-electron chi connectivity index (χ0n) is 12.1. The molecule has 0 aromatic carbocycles. The van der Waals surface area contributed by atoms with Crippen LogP contribution in [0.2, 0.25) is 0 Å². The molecule has 6 nitrogen and oxygen atoms in total. The van der Waals surface area contributed by atoms with Crippen LogP contribution in [-0.2, 0) is 4.79 Å². The molecule has 0 aliphatic rings. The predicted molar refractivity (Wildman–Crippen MR) is 74.5 cm³/mol. The lowest BCUT2D eigenvalue weighted by Crippen LogP contribution is -2.37. The van der Waals surface area contributed by atoms with E-state index in [1.54, 1.807) is 13.8 Å². The van der Waals surface area contributed by atoms with Crippen LogP contribution in [0.15, 0.2) is 6.20 Å². The molecule has 0 bridgehead atoms. The molecule has 0 saturated carbocycles. The van der Waals surface area contributed by atoms with Crippen molar-refractivity contribution in [3.8, 4) is 0 Å². The first kappa shape index (κ1) is 16.1. The van der Waals surface area contributed by atoms with Crippen LogP contribution in [-0.4, -0.2) is 33.0 Å². The lowest BCUT2D eigenvalue weighted by atomic mass is 10.1. The number of carboxylic acid groups (broad SMARTS) is 1. The van der Waals surface area contributed by atoms with Gasteiger partial charge in [-0.1, -0.05) is 19.8 Å². The molecule has 0 spiro atoms. The SMILES string of the molecule is CCCC[C@H](CC(=O)O)NC(=O)c1cnc(C)nc1C. The molecule has 0 radical (unpaired) electrons. The van der Waals surface area contributed by atoms with Crippen LogP contribution < -0.4 is 5.32 Å². The molecule has 1 rings (SSSR count). The molecule has 0 aliphatic carbocycles. The first-order valence-electron chi connectivity index (χ1n) is 6.77. The van der Waals surface area contributed by atoms with Gasteiger partial charge in [0.1, 0.15) is 5.82 Å².